The Bertz CT molecular complexity index is 304. The molecule has 0 amide bonds. The highest BCUT2D eigenvalue weighted by atomic mass is 32.2. The second kappa shape index (κ2) is 5.77. The van der Waals surface area contributed by atoms with Crippen LogP contribution in [0.4, 0.5) is 0 Å². The molecule has 82 valence electrons. The van der Waals surface area contributed by atoms with E-state index in [2.05, 4.69) is 4.74 Å². The average molecular weight is 222 g/mol. The number of allylic oxidation sites excluding steroid dienone is 1. The molecule has 0 aromatic carbocycles. The Balaban J connectivity index is 4.17. The molecule has 14 heavy (non-hydrogen) atoms. The second-order valence-electron chi connectivity index (χ2n) is 2.68. The first-order valence-corrected chi connectivity index (χ1v) is 5.67. The van der Waals surface area contributed by atoms with Crippen LogP contribution >= 0.6 is 0 Å². The van der Waals surface area contributed by atoms with Gasteiger partial charge in [0.05, 0.1) is 0 Å². The van der Waals surface area contributed by atoms with Crippen molar-refractivity contribution in [3.05, 3.63) is 12.2 Å². The van der Waals surface area contributed by atoms with Crippen LogP contribution in [0.25, 0.3) is 0 Å². The van der Waals surface area contributed by atoms with Crippen molar-refractivity contribution in [1.82, 2.24) is 0 Å². The molecule has 6 heteroatoms. The minimum absolute atomic E-state index is 0.196. The molecule has 0 fully saturated rings. The molecule has 0 spiro atoms. The Morgan fingerprint density at radius 3 is 2.50 bits per heavy atom. The van der Waals surface area contributed by atoms with Crippen molar-refractivity contribution in [2.45, 2.75) is 25.5 Å². The summed E-state index contributed by atoms with van der Waals surface area (Å²) in [5, 5.41) is -1.04. The molecule has 5 nitrogen and oxygen atoms in total. The van der Waals surface area contributed by atoms with Gasteiger partial charge in [-0.25, -0.2) is 4.79 Å². The van der Waals surface area contributed by atoms with E-state index in [0.717, 1.165) is 0 Å². The fourth-order valence-electron chi connectivity index (χ4n) is 0.774. The minimum Gasteiger partial charge on any atom is -0.461 e. The van der Waals surface area contributed by atoms with Crippen LogP contribution in [0.1, 0.15) is 20.3 Å². The van der Waals surface area contributed by atoms with Crippen LogP contribution in [0.3, 0.4) is 0 Å². The van der Waals surface area contributed by atoms with Crippen molar-refractivity contribution in [3.8, 4) is 0 Å². The number of hydrogen-bond acceptors (Lipinski definition) is 4. The summed E-state index contributed by atoms with van der Waals surface area (Å²) in [4.78, 5) is 10.8. The van der Waals surface area contributed by atoms with E-state index < -0.39 is 21.3 Å². The standard InChI is InChI=1S/C8H14O5S/c1-3-5-8(9)13-6-7(4-2)14(10,11)12/h3,5,7H,4,6H2,1-2H3,(H,10,11,12). The number of carbonyl (C=O) groups is 1. The van der Waals surface area contributed by atoms with Gasteiger partial charge in [0.2, 0.25) is 0 Å². The summed E-state index contributed by atoms with van der Waals surface area (Å²) in [6, 6.07) is 0. The molecular formula is C8H14O5S. The van der Waals surface area contributed by atoms with Gasteiger partial charge in [0.1, 0.15) is 11.9 Å². The predicted octanol–water partition coefficient (Wildman–Crippen LogP) is 0.772. The summed E-state index contributed by atoms with van der Waals surface area (Å²) in [6.07, 6.45) is 2.86. The molecule has 0 aromatic heterocycles. The first kappa shape index (κ1) is 13.1. The molecule has 0 saturated carbocycles. The summed E-state index contributed by atoms with van der Waals surface area (Å²) in [5.74, 6) is -0.616. The van der Waals surface area contributed by atoms with Crippen molar-refractivity contribution in [2.75, 3.05) is 6.61 Å². The monoisotopic (exact) mass is 222 g/mol. The summed E-state index contributed by atoms with van der Waals surface area (Å²) >= 11 is 0. The Labute approximate surface area is 83.5 Å². The van der Waals surface area contributed by atoms with Gasteiger partial charge >= 0.3 is 5.97 Å². The summed E-state index contributed by atoms with van der Waals surface area (Å²) < 4.78 is 34.6. The topological polar surface area (TPSA) is 80.7 Å². The van der Waals surface area contributed by atoms with E-state index in [1.54, 1.807) is 13.8 Å². The molecule has 0 rings (SSSR count). The largest absolute Gasteiger partial charge is 0.461 e. The zero-order valence-corrected chi connectivity index (χ0v) is 8.95. The van der Waals surface area contributed by atoms with E-state index in [1.165, 1.54) is 12.2 Å². The highest BCUT2D eigenvalue weighted by Crippen LogP contribution is 2.04. The molecule has 0 aliphatic heterocycles. The highest BCUT2D eigenvalue weighted by molar-refractivity contribution is 7.86. The number of ether oxygens (including phenoxy) is 1. The SMILES string of the molecule is CC=CC(=O)OCC(CC)S(=O)(=O)O. The minimum atomic E-state index is -4.13. The van der Waals surface area contributed by atoms with Crippen molar-refractivity contribution < 1.29 is 22.5 Å². The first-order chi connectivity index (χ1) is 6.41. The van der Waals surface area contributed by atoms with Gasteiger partial charge in [0.25, 0.3) is 10.1 Å². The van der Waals surface area contributed by atoms with Crippen LogP contribution in [0.2, 0.25) is 0 Å². The van der Waals surface area contributed by atoms with Gasteiger partial charge in [-0.05, 0) is 13.3 Å². The lowest BCUT2D eigenvalue weighted by atomic mass is 10.3. The maximum absolute atomic E-state index is 10.8. The smallest absolute Gasteiger partial charge is 0.330 e. The van der Waals surface area contributed by atoms with E-state index in [9.17, 15) is 13.2 Å². The van der Waals surface area contributed by atoms with Crippen LogP contribution in [0.15, 0.2) is 12.2 Å². The fraction of sp³-hybridized carbons (Fsp3) is 0.625. The van der Waals surface area contributed by atoms with Crippen molar-refractivity contribution in [3.63, 3.8) is 0 Å². The molecule has 0 radical (unpaired) electrons. The zero-order valence-electron chi connectivity index (χ0n) is 8.13. The van der Waals surface area contributed by atoms with Crippen LogP contribution < -0.4 is 0 Å². The molecular weight excluding hydrogens is 208 g/mol. The molecule has 0 aliphatic rings. The van der Waals surface area contributed by atoms with Crippen molar-refractivity contribution in [2.24, 2.45) is 0 Å². The maximum atomic E-state index is 10.8. The van der Waals surface area contributed by atoms with Gasteiger partial charge in [-0.15, -0.1) is 0 Å². The Morgan fingerprint density at radius 2 is 2.14 bits per heavy atom. The van der Waals surface area contributed by atoms with Gasteiger partial charge in [-0.1, -0.05) is 13.0 Å². The lowest BCUT2D eigenvalue weighted by molar-refractivity contribution is -0.137. The van der Waals surface area contributed by atoms with Crippen molar-refractivity contribution >= 4 is 16.1 Å². The molecule has 0 saturated heterocycles. The van der Waals surface area contributed by atoms with Gasteiger partial charge in [-0.3, -0.25) is 4.55 Å². The summed E-state index contributed by atoms with van der Waals surface area (Å²) in [7, 11) is -4.13. The van der Waals surface area contributed by atoms with Crippen LogP contribution in [-0.4, -0.2) is 30.8 Å². The third-order valence-corrected chi connectivity index (χ3v) is 2.90. The molecule has 0 aromatic rings. The quantitative estimate of drug-likeness (QED) is 0.422. The first-order valence-electron chi connectivity index (χ1n) is 4.17. The summed E-state index contributed by atoms with van der Waals surface area (Å²) in [6.45, 7) is 2.90. The second-order valence-corrected chi connectivity index (χ2v) is 4.37. The zero-order chi connectivity index (χ0) is 11.2. The maximum Gasteiger partial charge on any atom is 0.330 e. The predicted molar refractivity (Wildman–Crippen MR) is 51.4 cm³/mol. The molecule has 0 aliphatic carbocycles. The van der Waals surface area contributed by atoms with Gasteiger partial charge in [0.15, 0.2) is 0 Å². The Morgan fingerprint density at radius 1 is 1.57 bits per heavy atom. The van der Waals surface area contributed by atoms with Crippen LogP contribution in [0.5, 0.6) is 0 Å². The third kappa shape index (κ3) is 4.98. The fourth-order valence-corrected chi connectivity index (χ4v) is 1.43. The molecule has 1 unspecified atom stereocenters. The Hall–Kier alpha value is -0.880. The van der Waals surface area contributed by atoms with Crippen molar-refractivity contribution in [1.29, 1.82) is 0 Å². The van der Waals surface area contributed by atoms with Crippen LogP contribution in [0, 0.1) is 0 Å². The van der Waals surface area contributed by atoms with Gasteiger partial charge in [0, 0.05) is 6.08 Å². The number of hydrogen-bond donors (Lipinski definition) is 1. The number of esters is 1. The number of rotatable bonds is 5. The lowest BCUT2D eigenvalue weighted by Crippen LogP contribution is -2.26. The van der Waals surface area contributed by atoms with Crippen LogP contribution in [-0.2, 0) is 19.6 Å². The highest BCUT2D eigenvalue weighted by Gasteiger charge is 2.22. The van der Waals surface area contributed by atoms with E-state index in [0.29, 0.717) is 0 Å². The van der Waals surface area contributed by atoms with E-state index in [-0.39, 0.29) is 13.0 Å². The molecule has 1 atom stereocenters. The molecule has 1 N–H and O–H groups in total. The molecule has 0 bridgehead atoms. The summed E-state index contributed by atoms with van der Waals surface area (Å²) in [5.41, 5.74) is 0. The molecule has 0 heterocycles. The lowest BCUT2D eigenvalue weighted by Gasteiger charge is -2.10. The third-order valence-electron chi connectivity index (χ3n) is 1.59. The van der Waals surface area contributed by atoms with Gasteiger partial charge in [-0.2, -0.15) is 8.42 Å². The van der Waals surface area contributed by atoms with E-state index in [4.69, 9.17) is 4.55 Å². The van der Waals surface area contributed by atoms with Gasteiger partial charge < -0.3 is 4.74 Å². The normalized spacial score (nSPS) is 14.2. The Kier molecular flexibility index (Phi) is 5.40. The number of carbonyl (C=O) groups excluding carboxylic acids is 1. The van der Waals surface area contributed by atoms with E-state index in [1.807, 2.05) is 0 Å². The van der Waals surface area contributed by atoms with E-state index >= 15 is 0 Å². The average Bonchev–Trinajstić information content (AvgIpc) is 2.03.